The molecule has 2 aliphatic rings. The molecular weight excluding hydrogens is 660 g/mol. The van der Waals surface area contributed by atoms with Crippen LogP contribution >= 0.6 is 0 Å². The van der Waals surface area contributed by atoms with Gasteiger partial charge in [0.05, 0.1) is 32.5 Å². The second-order valence-corrected chi connectivity index (χ2v) is 11.3. The second kappa shape index (κ2) is 14.7. The van der Waals surface area contributed by atoms with Gasteiger partial charge in [0.25, 0.3) is 0 Å². The molecule has 2 saturated heterocycles. The van der Waals surface area contributed by atoms with Crippen molar-refractivity contribution in [3.63, 3.8) is 0 Å². The van der Waals surface area contributed by atoms with Crippen molar-refractivity contribution in [3.8, 4) is 45.8 Å². The summed E-state index contributed by atoms with van der Waals surface area (Å²) in [4.78, 5) is 11.4. The smallest absolute Gasteiger partial charge is 0.402 e. The van der Waals surface area contributed by atoms with Crippen LogP contribution in [0.4, 0.5) is 0 Å². The molecule has 268 valence electrons. The third kappa shape index (κ3) is 7.23. The maximum absolute atomic E-state index is 11.4. The lowest BCUT2D eigenvalue weighted by atomic mass is 9.99. The van der Waals surface area contributed by atoms with E-state index in [0.29, 0.717) is 0 Å². The van der Waals surface area contributed by atoms with Gasteiger partial charge in [-0.05, 0) is 0 Å². The number of hydrogen-bond donors (Lipinski definition) is 9. The number of phenols is 2. The van der Waals surface area contributed by atoms with Crippen LogP contribution in [-0.4, -0.2) is 141 Å². The number of carbonyl (C=O) groups is 1. The molecule has 5 rings (SSSR count). The van der Waals surface area contributed by atoms with Crippen LogP contribution in [0.2, 0.25) is 0 Å². The zero-order chi connectivity index (χ0) is 35.7. The van der Waals surface area contributed by atoms with E-state index in [4.69, 9.17) is 37.6 Å². The van der Waals surface area contributed by atoms with Crippen LogP contribution < -0.4 is 18.9 Å². The Morgan fingerprint density at radius 3 is 1.84 bits per heavy atom. The van der Waals surface area contributed by atoms with Crippen LogP contribution in [0.1, 0.15) is 6.92 Å². The summed E-state index contributed by atoms with van der Waals surface area (Å²) in [5.41, 5.74) is 0.0896. The lowest BCUT2D eigenvalue weighted by Gasteiger charge is -2.39. The second-order valence-electron chi connectivity index (χ2n) is 11.3. The molecule has 0 bridgehead atoms. The van der Waals surface area contributed by atoms with Crippen molar-refractivity contribution in [1.82, 2.24) is 0 Å². The molecule has 18 nitrogen and oxygen atoms in total. The highest BCUT2D eigenvalue weighted by atomic mass is 16.7. The molecule has 49 heavy (non-hydrogen) atoms. The molecule has 1 aromatic heterocycles. The summed E-state index contributed by atoms with van der Waals surface area (Å²) in [5, 5.41) is 93.6. The monoisotopic (exact) mass is 697 g/mol. The van der Waals surface area contributed by atoms with Crippen LogP contribution in [0.15, 0.2) is 34.7 Å². The Bertz CT molecular complexity index is 1620. The van der Waals surface area contributed by atoms with Gasteiger partial charge in [-0.3, -0.25) is 4.79 Å². The van der Waals surface area contributed by atoms with E-state index in [1.807, 2.05) is 0 Å². The van der Waals surface area contributed by atoms with Crippen LogP contribution in [-0.2, 0) is 19.0 Å². The summed E-state index contributed by atoms with van der Waals surface area (Å²) in [6.07, 6.45) is -16.7. The van der Waals surface area contributed by atoms with Crippen LogP contribution in [0, 0.1) is 0 Å². The summed E-state index contributed by atoms with van der Waals surface area (Å²) in [6, 6.07) is 6.30. The Labute approximate surface area is 277 Å². The molecule has 2 fully saturated rings. The number of methoxy groups -OCH3 is 2. The summed E-state index contributed by atoms with van der Waals surface area (Å²) >= 11 is 0. The number of hydrogen-bond acceptors (Lipinski definition) is 17. The molecule has 0 unspecified atom stereocenters. The highest BCUT2D eigenvalue weighted by molar-refractivity contribution is 5.89. The highest BCUT2D eigenvalue weighted by Gasteiger charge is 2.47. The van der Waals surface area contributed by atoms with E-state index in [1.165, 1.54) is 38.5 Å². The first-order valence-corrected chi connectivity index (χ1v) is 14.8. The van der Waals surface area contributed by atoms with E-state index in [0.717, 1.165) is 13.0 Å². The standard InChI is InChI=1S/C31H36O18/c1-11(33)44-10-21-24(37)26(39)28(41)31(49-21)47-19-8-14-15(45-29(19)12-4-17(42-2)22(35)18(5-12)43-3)6-13(34)7-16(14)46-30-27(40)25(38)23(36)20(9-32)48-30/h4-8,20-21,23-28,30-32,36-41H,9-10H2,1-3H3,(H-,34,35)/p+1/t20-,21-,23-,24-,25+,26+,27-,28-,30-,31-/m1/s1. The number of aromatic hydroxyl groups is 2. The van der Waals surface area contributed by atoms with E-state index in [1.54, 1.807) is 0 Å². The summed E-state index contributed by atoms with van der Waals surface area (Å²) in [6.45, 7) is -0.110. The van der Waals surface area contributed by atoms with Crippen molar-refractivity contribution in [2.24, 2.45) is 0 Å². The van der Waals surface area contributed by atoms with Gasteiger partial charge in [0.1, 0.15) is 72.3 Å². The number of rotatable bonds is 10. The maximum Gasteiger partial charge on any atom is 0.402 e. The maximum atomic E-state index is 11.4. The predicted octanol–water partition coefficient (Wildman–Crippen LogP) is -1.26. The van der Waals surface area contributed by atoms with Gasteiger partial charge < -0.3 is 79.1 Å². The number of phenolic OH excluding ortho intramolecular Hbond substituents is 2. The van der Waals surface area contributed by atoms with Gasteiger partial charge in [-0.25, -0.2) is 4.42 Å². The lowest BCUT2D eigenvalue weighted by molar-refractivity contribution is -0.278. The molecule has 3 aromatic rings. The lowest BCUT2D eigenvalue weighted by Crippen LogP contribution is -2.60. The zero-order valence-corrected chi connectivity index (χ0v) is 26.3. The average Bonchev–Trinajstić information content (AvgIpc) is 3.08. The molecule has 2 aliphatic heterocycles. The number of fused-ring (bicyclic) bond motifs is 1. The SMILES string of the molecule is COc1cc(-c2[o+]c3cc(O)cc(O[C@@H]4O[C@H](CO)[C@@H](O)[C@H](O)[C@H]4O)c3cc2O[C@@H]2O[C@H](COC(C)=O)[C@@H](O)[C@H](O)[C@H]2O)cc(OC)c1O. The fourth-order valence-corrected chi connectivity index (χ4v) is 5.35. The minimum Gasteiger partial charge on any atom is -0.507 e. The van der Waals surface area contributed by atoms with Crippen molar-refractivity contribution < 1.29 is 88.3 Å². The van der Waals surface area contributed by atoms with E-state index in [9.17, 15) is 50.8 Å². The molecule has 0 spiro atoms. The van der Waals surface area contributed by atoms with Gasteiger partial charge >= 0.3 is 17.3 Å². The van der Waals surface area contributed by atoms with Crippen molar-refractivity contribution in [1.29, 1.82) is 0 Å². The Kier molecular flexibility index (Phi) is 10.8. The topological polar surface area (TPSA) is 275 Å². The van der Waals surface area contributed by atoms with Gasteiger partial charge in [0.15, 0.2) is 11.5 Å². The first-order valence-electron chi connectivity index (χ1n) is 14.8. The third-order valence-corrected chi connectivity index (χ3v) is 8.00. The highest BCUT2D eigenvalue weighted by Crippen LogP contribution is 2.46. The average molecular weight is 698 g/mol. The van der Waals surface area contributed by atoms with Gasteiger partial charge in [0.2, 0.25) is 24.1 Å². The van der Waals surface area contributed by atoms with Crippen LogP contribution in [0.3, 0.4) is 0 Å². The van der Waals surface area contributed by atoms with Crippen molar-refractivity contribution in [2.75, 3.05) is 27.4 Å². The Balaban J connectivity index is 1.64. The van der Waals surface area contributed by atoms with E-state index >= 15 is 0 Å². The van der Waals surface area contributed by atoms with Crippen LogP contribution in [0.5, 0.6) is 34.5 Å². The number of carbonyl (C=O) groups excluding carboxylic acids is 1. The van der Waals surface area contributed by atoms with Crippen molar-refractivity contribution in [2.45, 2.75) is 68.3 Å². The molecule has 2 aromatic carbocycles. The predicted molar refractivity (Wildman–Crippen MR) is 161 cm³/mol. The van der Waals surface area contributed by atoms with E-state index in [-0.39, 0.29) is 51.0 Å². The largest absolute Gasteiger partial charge is 0.507 e. The fraction of sp³-hybridized carbons (Fsp3) is 0.484. The van der Waals surface area contributed by atoms with Crippen LogP contribution in [0.25, 0.3) is 22.3 Å². The van der Waals surface area contributed by atoms with Gasteiger partial charge in [-0.15, -0.1) is 0 Å². The minimum absolute atomic E-state index is 0.0357. The Morgan fingerprint density at radius 1 is 0.735 bits per heavy atom. The number of aliphatic hydroxyl groups excluding tert-OH is 7. The Hall–Kier alpha value is -4.24. The molecule has 18 heteroatoms. The molecule has 3 heterocycles. The molecular formula is C31H37O18+. The van der Waals surface area contributed by atoms with E-state index < -0.39 is 86.3 Å². The molecule has 0 aliphatic carbocycles. The van der Waals surface area contributed by atoms with Crippen molar-refractivity contribution in [3.05, 3.63) is 30.3 Å². The first-order chi connectivity index (χ1) is 23.3. The number of benzene rings is 2. The normalized spacial score (nSPS) is 30.1. The molecule has 0 amide bonds. The molecule has 0 saturated carbocycles. The van der Waals surface area contributed by atoms with Gasteiger partial charge in [-0.1, -0.05) is 0 Å². The summed E-state index contributed by atoms with van der Waals surface area (Å²) in [7, 11) is 2.58. The third-order valence-electron chi connectivity index (χ3n) is 8.00. The molecule has 9 N–H and O–H groups in total. The van der Waals surface area contributed by atoms with Gasteiger partial charge in [-0.2, -0.15) is 0 Å². The zero-order valence-electron chi connectivity index (χ0n) is 26.3. The number of ether oxygens (including phenoxy) is 7. The summed E-state index contributed by atoms with van der Waals surface area (Å²) < 4.78 is 44.6. The Morgan fingerprint density at radius 2 is 1.29 bits per heavy atom. The first kappa shape index (κ1) is 36.1. The number of aliphatic hydroxyl groups is 7. The quantitative estimate of drug-likeness (QED) is 0.0883. The molecule has 0 radical (unpaired) electrons. The minimum atomic E-state index is -1.86. The molecule has 10 atom stereocenters. The number of esters is 1. The summed E-state index contributed by atoms with van der Waals surface area (Å²) in [5.74, 6) is -2.12. The van der Waals surface area contributed by atoms with Crippen molar-refractivity contribution >= 4 is 16.9 Å². The fourth-order valence-electron chi connectivity index (χ4n) is 5.35. The van der Waals surface area contributed by atoms with E-state index in [2.05, 4.69) is 0 Å². The van der Waals surface area contributed by atoms with Gasteiger partial charge in [0, 0.05) is 31.2 Å².